The highest BCUT2D eigenvalue weighted by Crippen LogP contribution is 2.31. The van der Waals surface area contributed by atoms with Crippen LogP contribution in [0.1, 0.15) is 21.6 Å². The predicted molar refractivity (Wildman–Crippen MR) is 128 cm³/mol. The molecule has 33 heavy (non-hydrogen) atoms. The van der Waals surface area contributed by atoms with E-state index in [0.717, 1.165) is 14.5 Å². The minimum atomic E-state index is -1.27. The fourth-order valence-electron chi connectivity index (χ4n) is 3.48. The number of anilines is 1. The number of rotatable bonds is 6. The molecule has 1 heterocycles. The molecule has 166 valence electrons. The van der Waals surface area contributed by atoms with E-state index in [2.05, 4.69) is 42.5 Å². The Bertz CT molecular complexity index is 1430. The Morgan fingerprint density at radius 3 is 2.36 bits per heavy atom. The van der Waals surface area contributed by atoms with Gasteiger partial charge in [-0.25, -0.2) is 9.48 Å². The van der Waals surface area contributed by atoms with Crippen molar-refractivity contribution in [3.05, 3.63) is 93.9 Å². The van der Waals surface area contributed by atoms with Crippen molar-refractivity contribution in [3.8, 4) is 0 Å². The van der Waals surface area contributed by atoms with Gasteiger partial charge in [-0.05, 0) is 55.8 Å². The lowest BCUT2D eigenvalue weighted by atomic mass is 10.1. The van der Waals surface area contributed by atoms with E-state index >= 15 is 0 Å². The molecule has 0 bridgehead atoms. The Hall–Kier alpha value is -3.91. The van der Waals surface area contributed by atoms with Gasteiger partial charge >= 0.3 is 5.97 Å². The van der Waals surface area contributed by atoms with Crippen molar-refractivity contribution in [1.82, 2.24) is 9.78 Å². The van der Waals surface area contributed by atoms with E-state index in [9.17, 15) is 19.5 Å². The molecule has 7 nitrogen and oxygen atoms in total. The van der Waals surface area contributed by atoms with Crippen LogP contribution in [0.25, 0.3) is 10.8 Å². The van der Waals surface area contributed by atoms with Gasteiger partial charge < -0.3 is 10.4 Å². The van der Waals surface area contributed by atoms with Crippen LogP contribution >= 0.6 is 11.8 Å². The van der Waals surface area contributed by atoms with Crippen molar-refractivity contribution in [3.63, 3.8) is 0 Å². The third-order valence-corrected chi connectivity index (χ3v) is 6.25. The van der Waals surface area contributed by atoms with E-state index in [4.69, 9.17) is 0 Å². The first kappa shape index (κ1) is 22.3. The molecule has 0 unspecified atom stereocenters. The number of hydrogen-bond donors (Lipinski definition) is 2. The normalized spacial score (nSPS) is 10.8. The minimum absolute atomic E-state index is 0.200. The van der Waals surface area contributed by atoms with Gasteiger partial charge in [0, 0.05) is 20.9 Å². The van der Waals surface area contributed by atoms with Gasteiger partial charge in [0.25, 0.3) is 5.56 Å². The largest absolute Gasteiger partial charge is 0.476 e. The second kappa shape index (κ2) is 9.30. The van der Waals surface area contributed by atoms with Crippen molar-refractivity contribution < 1.29 is 14.7 Å². The van der Waals surface area contributed by atoms with Crippen molar-refractivity contribution >= 4 is 40.1 Å². The molecule has 8 heteroatoms. The van der Waals surface area contributed by atoms with Gasteiger partial charge in [0.2, 0.25) is 5.91 Å². The fraction of sp³-hybridized carbons (Fsp3) is 0.120. The molecule has 1 amide bonds. The number of carbonyl (C=O) groups excluding carboxylic acids is 1. The first-order valence-electron chi connectivity index (χ1n) is 10.2. The first-order valence-corrected chi connectivity index (χ1v) is 11.0. The lowest BCUT2D eigenvalue weighted by Crippen LogP contribution is -2.31. The average molecular weight is 460 g/mol. The maximum absolute atomic E-state index is 12.7. The van der Waals surface area contributed by atoms with Crippen LogP contribution in [0.4, 0.5) is 5.69 Å². The monoisotopic (exact) mass is 459 g/mol. The van der Waals surface area contributed by atoms with Gasteiger partial charge in [0.05, 0.1) is 5.39 Å². The summed E-state index contributed by atoms with van der Waals surface area (Å²) in [6.45, 7) is 3.73. The summed E-state index contributed by atoms with van der Waals surface area (Å²) in [5.41, 5.74) is 2.19. The number of carboxylic acid groups (broad SMARTS) is 1. The van der Waals surface area contributed by atoms with Gasteiger partial charge in [0.15, 0.2) is 5.69 Å². The number of nitrogens with zero attached hydrogens (tertiary/aromatic N) is 2. The highest BCUT2D eigenvalue weighted by Gasteiger charge is 2.17. The molecule has 3 aromatic carbocycles. The number of carbonyl (C=O) groups is 2. The van der Waals surface area contributed by atoms with E-state index in [-0.39, 0.29) is 16.5 Å². The lowest BCUT2D eigenvalue weighted by Gasteiger charge is -2.10. The van der Waals surface area contributed by atoms with Crippen LogP contribution in [0.2, 0.25) is 0 Å². The van der Waals surface area contributed by atoms with Gasteiger partial charge in [-0.2, -0.15) is 5.10 Å². The molecule has 2 N–H and O–H groups in total. The molecule has 0 aliphatic rings. The molecule has 0 saturated heterocycles. The highest BCUT2D eigenvalue weighted by molar-refractivity contribution is 7.99. The molecular weight excluding hydrogens is 438 g/mol. The van der Waals surface area contributed by atoms with Crippen LogP contribution in [-0.4, -0.2) is 26.8 Å². The number of carboxylic acids is 1. The lowest BCUT2D eigenvalue weighted by molar-refractivity contribution is -0.117. The molecule has 4 rings (SSSR count). The molecule has 0 aliphatic heterocycles. The summed E-state index contributed by atoms with van der Waals surface area (Å²) >= 11 is 1.64. The van der Waals surface area contributed by atoms with Gasteiger partial charge in [-0.1, -0.05) is 47.7 Å². The maximum atomic E-state index is 12.7. The van der Waals surface area contributed by atoms with E-state index in [1.54, 1.807) is 36.0 Å². The zero-order valence-electron chi connectivity index (χ0n) is 18.0. The Morgan fingerprint density at radius 1 is 1.00 bits per heavy atom. The third-order valence-electron chi connectivity index (χ3n) is 5.06. The summed E-state index contributed by atoms with van der Waals surface area (Å²) in [6.07, 6.45) is 0. The summed E-state index contributed by atoms with van der Waals surface area (Å²) < 4.78 is 0.880. The van der Waals surface area contributed by atoms with Crippen molar-refractivity contribution in [1.29, 1.82) is 0 Å². The Labute approximate surface area is 194 Å². The Morgan fingerprint density at radius 2 is 1.70 bits per heavy atom. The number of aromatic nitrogens is 2. The first-order chi connectivity index (χ1) is 15.8. The average Bonchev–Trinajstić information content (AvgIpc) is 2.78. The number of aryl methyl sites for hydroxylation is 2. The predicted octanol–water partition coefficient (Wildman–Crippen LogP) is 4.50. The molecule has 1 aromatic heterocycles. The van der Waals surface area contributed by atoms with Gasteiger partial charge in [-0.15, -0.1) is 0 Å². The van der Waals surface area contributed by atoms with Gasteiger partial charge in [-0.3, -0.25) is 9.59 Å². The second-order valence-electron chi connectivity index (χ2n) is 7.61. The van der Waals surface area contributed by atoms with Crippen LogP contribution in [0.5, 0.6) is 0 Å². The summed E-state index contributed by atoms with van der Waals surface area (Å²) in [7, 11) is 0. The summed E-state index contributed by atoms with van der Waals surface area (Å²) in [6, 6.07) is 20.0. The zero-order valence-corrected chi connectivity index (χ0v) is 18.8. The molecule has 4 aromatic rings. The molecule has 0 atom stereocenters. The van der Waals surface area contributed by atoms with E-state index in [1.165, 1.54) is 23.3 Å². The minimum Gasteiger partial charge on any atom is -0.476 e. The van der Waals surface area contributed by atoms with Gasteiger partial charge in [0.1, 0.15) is 6.54 Å². The Balaban J connectivity index is 1.49. The van der Waals surface area contributed by atoms with Crippen LogP contribution < -0.4 is 10.9 Å². The number of aromatic carboxylic acids is 1. The number of fused-ring (bicyclic) bond motifs is 1. The summed E-state index contributed by atoms with van der Waals surface area (Å²) in [5, 5.41) is 16.5. The van der Waals surface area contributed by atoms with Crippen molar-refractivity contribution in [2.75, 3.05) is 5.32 Å². The SMILES string of the molecule is Cc1ccc(Sc2ccc(NC(=O)Cn3nc(C(=O)O)c4ccccc4c3=O)cc2)c(C)c1. The molecule has 0 saturated carbocycles. The maximum Gasteiger partial charge on any atom is 0.357 e. The zero-order chi connectivity index (χ0) is 23.5. The molecular formula is C25H21N3O4S. The fourth-order valence-corrected chi connectivity index (χ4v) is 4.37. The summed E-state index contributed by atoms with van der Waals surface area (Å²) in [4.78, 5) is 39.0. The molecule has 0 radical (unpaired) electrons. The number of benzene rings is 3. The van der Waals surface area contributed by atoms with Crippen molar-refractivity contribution in [2.24, 2.45) is 0 Å². The number of hydrogen-bond acceptors (Lipinski definition) is 5. The smallest absolute Gasteiger partial charge is 0.357 e. The topological polar surface area (TPSA) is 101 Å². The molecule has 0 aliphatic carbocycles. The summed E-state index contributed by atoms with van der Waals surface area (Å²) in [5.74, 6) is -1.75. The van der Waals surface area contributed by atoms with Crippen LogP contribution in [0.15, 0.2) is 81.3 Å². The van der Waals surface area contributed by atoms with E-state index < -0.39 is 24.0 Å². The highest BCUT2D eigenvalue weighted by atomic mass is 32.2. The Kier molecular flexibility index (Phi) is 6.28. The molecule has 0 spiro atoms. The van der Waals surface area contributed by atoms with Crippen LogP contribution in [-0.2, 0) is 11.3 Å². The van der Waals surface area contributed by atoms with Crippen molar-refractivity contribution in [2.45, 2.75) is 30.2 Å². The number of nitrogens with one attached hydrogen (secondary N) is 1. The van der Waals surface area contributed by atoms with E-state index in [1.807, 2.05) is 12.1 Å². The van der Waals surface area contributed by atoms with Crippen LogP contribution in [0, 0.1) is 13.8 Å². The standard InChI is InChI=1S/C25H21N3O4S/c1-15-7-12-21(16(2)13-15)33-18-10-8-17(9-11-18)26-22(29)14-28-24(30)20-6-4-3-5-19(20)23(27-28)25(31)32/h3-13H,14H2,1-2H3,(H,26,29)(H,31,32). The third kappa shape index (κ3) is 4.96. The van der Waals surface area contributed by atoms with Crippen LogP contribution in [0.3, 0.4) is 0 Å². The molecule has 0 fully saturated rings. The quantitative estimate of drug-likeness (QED) is 0.440. The van der Waals surface area contributed by atoms with E-state index in [0.29, 0.717) is 5.69 Å². The number of amides is 1. The second-order valence-corrected chi connectivity index (χ2v) is 8.72.